The summed E-state index contributed by atoms with van der Waals surface area (Å²) in [6.45, 7) is 1.19. The van der Waals surface area contributed by atoms with Crippen molar-refractivity contribution in [3.05, 3.63) is 66.9 Å². The van der Waals surface area contributed by atoms with Crippen molar-refractivity contribution in [2.24, 2.45) is 7.05 Å². The van der Waals surface area contributed by atoms with Gasteiger partial charge in [0.25, 0.3) is 0 Å². The minimum atomic E-state index is -0.372. The van der Waals surface area contributed by atoms with Crippen molar-refractivity contribution in [2.75, 3.05) is 27.2 Å². The van der Waals surface area contributed by atoms with Gasteiger partial charge >= 0.3 is 0 Å². The molecular weight excluding hydrogens is 471 g/mol. The molecule has 9 nitrogen and oxygen atoms in total. The Morgan fingerprint density at radius 1 is 1.05 bits per heavy atom. The SMILES string of the molecule is CN(C)CCOc1cc(F)cc(-c2ccnc3nc(-c4n[nH]c5ccc(-c6cnn(C)c6)cc45)[nH]c23)c1. The van der Waals surface area contributed by atoms with E-state index in [1.165, 1.54) is 12.1 Å². The molecule has 0 spiro atoms. The van der Waals surface area contributed by atoms with E-state index in [1.807, 2.05) is 62.7 Å². The Hall–Kier alpha value is -4.57. The number of likely N-dealkylation sites (N-methyl/N-ethyl adjacent to an activating group) is 1. The van der Waals surface area contributed by atoms with Gasteiger partial charge in [-0.15, -0.1) is 0 Å². The summed E-state index contributed by atoms with van der Waals surface area (Å²) in [6.07, 6.45) is 5.47. The minimum absolute atomic E-state index is 0.372. The summed E-state index contributed by atoms with van der Waals surface area (Å²) in [5, 5.41) is 12.8. The molecule has 0 aliphatic rings. The van der Waals surface area contributed by atoms with Gasteiger partial charge in [-0.3, -0.25) is 9.78 Å². The maximum Gasteiger partial charge on any atom is 0.178 e. The molecule has 0 aliphatic heterocycles. The summed E-state index contributed by atoms with van der Waals surface area (Å²) in [6, 6.07) is 12.6. The van der Waals surface area contributed by atoms with Crippen LogP contribution in [0.15, 0.2) is 61.1 Å². The number of aromatic amines is 2. The van der Waals surface area contributed by atoms with Gasteiger partial charge in [-0.25, -0.2) is 14.4 Å². The normalized spacial score (nSPS) is 11.7. The van der Waals surface area contributed by atoms with E-state index in [9.17, 15) is 4.39 Å². The number of H-pyrrole nitrogens is 2. The minimum Gasteiger partial charge on any atom is -0.492 e. The maximum absolute atomic E-state index is 14.5. The van der Waals surface area contributed by atoms with Gasteiger partial charge in [0.05, 0.1) is 17.2 Å². The smallest absolute Gasteiger partial charge is 0.178 e. The number of halogens is 1. The molecule has 37 heavy (non-hydrogen) atoms. The number of fused-ring (bicyclic) bond motifs is 2. The Bertz CT molecular complexity index is 1730. The fourth-order valence-electron chi connectivity index (χ4n) is 4.36. The number of imidazole rings is 1. The molecule has 0 amide bonds. The van der Waals surface area contributed by atoms with Crippen LogP contribution >= 0.6 is 0 Å². The fraction of sp³-hybridized carbons (Fsp3) is 0.185. The number of nitrogens with zero attached hydrogens (tertiary/aromatic N) is 6. The lowest BCUT2D eigenvalue weighted by Crippen LogP contribution is -2.19. The van der Waals surface area contributed by atoms with Crippen molar-refractivity contribution >= 4 is 22.1 Å². The number of aromatic nitrogens is 7. The Kier molecular flexibility index (Phi) is 5.65. The molecule has 0 saturated heterocycles. The molecule has 0 aliphatic carbocycles. The van der Waals surface area contributed by atoms with E-state index in [0.29, 0.717) is 40.6 Å². The highest BCUT2D eigenvalue weighted by Crippen LogP contribution is 2.33. The molecule has 6 rings (SSSR count). The topological polar surface area (TPSA) is 101 Å². The van der Waals surface area contributed by atoms with Gasteiger partial charge in [0.2, 0.25) is 0 Å². The van der Waals surface area contributed by atoms with E-state index in [2.05, 4.69) is 31.3 Å². The third-order valence-electron chi connectivity index (χ3n) is 6.21. The van der Waals surface area contributed by atoms with Gasteiger partial charge in [-0.05, 0) is 55.6 Å². The highest BCUT2D eigenvalue weighted by atomic mass is 19.1. The first-order valence-electron chi connectivity index (χ1n) is 11.9. The summed E-state index contributed by atoms with van der Waals surface area (Å²) in [7, 11) is 5.82. The molecule has 0 unspecified atom stereocenters. The largest absolute Gasteiger partial charge is 0.492 e. The number of hydrogen-bond acceptors (Lipinski definition) is 6. The molecule has 6 aromatic rings. The van der Waals surface area contributed by atoms with E-state index in [0.717, 1.165) is 34.1 Å². The number of aryl methyl sites for hydroxylation is 1. The number of hydrogen-bond donors (Lipinski definition) is 2. The first-order chi connectivity index (χ1) is 17.9. The third-order valence-corrected chi connectivity index (χ3v) is 6.21. The Morgan fingerprint density at radius 2 is 1.95 bits per heavy atom. The van der Waals surface area contributed by atoms with Crippen molar-refractivity contribution in [3.63, 3.8) is 0 Å². The Labute approximate surface area is 211 Å². The maximum atomic E-state index is 14.5. The average molecular weight is 497 g/mol. The van der Waals surface area contributed by atoms with Crippen molar-refractivity contribution in [1.82, 2.24) is 39.8 Å². The van der Waals surface area contributed by atoms with E-state index >= 15 is 0 Å². The first kappa shape index (κ1) is 22.9. The first-order valence-corrected chi connectivity index (χ1v) is 11.9. The van der Waals surface area contributed by atoms with E-state index in [1.54, 1.807) is 10.9 Å². The van der Waals surface area contributed by atoms with Crippen LogP contribution in [-0.2, 0) is 7.05 Å². The molecule has 4 aromatic heterocycles. The summed E-state index contributed by atoms with van der Waals surface area (Å²) in [4.78, 5) is 14.5. The molecule has 2 aromatic carbocycles. The second-order valence-corrected chi connectivity index (χ2v) is 9.21. The molecule has 2 N–H and O–H groups in total. The van der Waals surface area contributed by atoms with Crippen molar-refractivity contribution in [3.8, 4) is 39.5 Å². The van der Waals surface area contributed by atoms with Crippen LogP contribution in [0.2, 0.25) is 0 Å². The fourth-order valence-corrected chi connectivity index (χ4v) is 4.36. The van der Waals surface area contributed by atoms with E-state index < -0.39 is 0 Å². The highest BCUT2D eigenvalue weighted by Gasteiger charge is 2.17. The summed E-state index contributed by atoms with van der Waals surface area (Å²) in [5.74, 6) is 0.675. The zero-order chi connectivity index (χ0) is 25.5. The summed E-state index contributed by atoms with van der Waals surface area (Å²) >= 11 is 0. The number of ether oxygens (including phenoxy) is 1. The van der Waals surface area contributed by atoms with Crippen molar-refractivity contribution in [2.45, 2.75) is 0 Å². The molecule has 4 heterocycles. The molecule has 0 saturated carbocycles. The van der Waals surface area contributed by atoms with Crippen LogP contribution in [0.3, 0.4) is 0 Å². The highest BCUT2D eigenvalue weighted by molar-refractivity contribution is 5.97. The van der Waals surface area contributed by atoms with Crippen LogP contribution < -0.4 is 4.74 Å². The van der Waals surface area contributed by atoms with Gasteiger partial charge in [0, 0.05) is 48.6 Å². The number of pyridine rings is 1. The van der Waals surface area contributed by atoms with Crippen LogP contribution in [0.1, 0.15) is 0 Å². The molecule has 0 radical (unpaired) electrons. The van der Waals surface area contributed by atoms with Crippen molar-refractivity contribution < 1.29 is 9.13 Å². The Morgan fingerprint density at radius 3 is 2.76 bits per heavy atom. The van der Waals surface area contributed by atoms with Crippen LogP contribution in [0, 0.1) is 5.82 Å². The molecule has 0 atom stereocenters. The number of benzene rings is 2. The number of nitrogens with one attached hydrogen (secondary N) is 2. The predicted octanol–water partition coefficient (Wildman–Crippen LogP) is 4.65. The third kappa shape index (κ3) is 4.43. The quantitative estimate of drug-likeness (QED) is 0.334. The van der Waals surface area contributed by atoms with Crippen LogP contribution in [-0.4, -0.2) is 67.1 Å². The average Bonchev–Trinajstić information content (AvgIpc) is 3.60. The van der Waals surface area contributed by atoms with Crippen LogP contribution in [0.25, 0.3) is 55.8 Å². The molecular formula is C27H25FN8O. The monoisotopic (exact) mass is 496 g/mol. The van der Waals surface area contributed by atoms with Gasteiger partial charge in [0.15, 0.2) is 11.5 Å². The molecule has 10 heteroatoms. The second kappa shape index (κ2) is 9.14. The molecule has 186 valence electrons. The van der Waals surface area contributed by atoms with Gasteiger partial charge in [-0.1, -0.05) is 6.07 Å². The van der Waals surface area contributed by atoms with Gasteiger partial charge in [0.1, 0.15) is 23.9 Å². The zero-order valence-electron chi connectivity index (χ0n) is 20.7. The standard InChI is InChI=1S/C27H25FN8O/c1-35(2)8-9-37-20-11-17(10-19(28)13-20)21-6-7-29-26-24(21)31-27(32-26)25-22-12-16(4-5-23(22)33-34-25)18-14-30-36(3)15-18/h4-7,10-15H,8-9H2,1-3H3,(H,33,34)(H,29,31,32). The molecule has 0 fully saturated rings. The van der Waals surface area contributed by atoms with Crippen LogP contribution in [0.5, 0.6) is 5.75 Å². The van der Waals surface area contributed by atoms with Gasteiger partial charge < -0.3 is 14.6 Å². The Balaban J connectivity index is 1.40. The van der Waals surface area contributed by atoms with Crippen molar-refractivity contribution in [1.29, 1.82) is 0 Å². The van der Waals surface area contributed by atoms with E-state index in [4.69, 9.17) is 9.72 Å². The van der Waals surface area contributed by atoms with Crippen LogP contribution in [0.4, 0.5) is 4.39 Å². The van der Waals surface area contributed by atoms with E-state index in [-0.39, 0.29) is 5.82 Å². The predicted molar refractivity (Wildman–Crippen MR) is 141 cm³/mol. The zero-order valence-corrected chi connectivity index (χ0v) is 20.7. The molecule has 0 bridgehead atoms. The lowest BCUT2D eigenvalue weighted by atomic mass is 10.1. The lowest BCUT2D eigenvalue weighted by Gasteiger charge is -2.12. The second-order valence-electron chi connectivity index (χ2n) is 9.21. The van der Waals surface area contributed by atoms with Gasteiger partial charge in [-0.2, -0.15) is 10.2 Å². The summed E-state index contributed by atoms with van der Waals surface area (Å²) in [5.41, 5.74) is 6.27. The summed E-state index contributed by atoms with van der Waals surface area (Å²) < 4.78 is 22.1. The lowest BCUT2D eigenvalue weighted by molar-refractivity contribution is 0.260. The number of rotatable bonds is 7.